The van der Waals surface area contributed by atoms with E-state index in [4.69, 9.17) is 5.73 Å². The summed E-state index contributed by atoms with van der Waals surface area (Å²) in [7, 11) is -1.54. The molecule has 1 unspecified atom stereocenters. The van der Waals surface area contributed by atoms with Gasteiger partial charge in [0, 0.05) is 35.4 Å². The number of H-pyrrole nitrogens is 1. The van der Waals surface area contributed by atoms with Crippen LogP contribution >= 0.6 is 0 Å². The Hall–Kier alpha value is -1.57. The molecule has 0 saturated carbocycles. The smallest absolute Gasteiger partial charge is 0.242 e. The minimum absolute atomic E-state index is 0.0315. The molecule has 1 fully saturated rings. The summed E-state index contributed by atoms with van der Waals surface area (Å²) in [6.07, 6.45) is 2.35. The number of rotatable bonds is 3. The normalized spacial score (nSPS) is 20.8. The van der Waals surface area contributed by atoms with Crippen molar-refractivity contribution in [1.82, 2.24) is 14.6 Å². The van der Waals surface area contributed by atoms with E-state index in [1.54, 1.807) is 18.2 Å². The molecular weight excluding hydrogens is 276 g/mol. The van der Waals surface area contributed by atoms with Gasteiger partial charge in [-0.2, -0.15) is 0 Å². The second-order valence-electron chi connectivity index (χ2n) is 5.33. The zero-order chi connectivity index (χ0) is 14.3. The Balaban J connectivity index is 1.95. The minimum Gasteiger partial charge on any atom is -0.399 e. The molecule has 0 spiro atoms. The van der Waals surface area contributed by atoms with Gasteiger partial charge in [-0.05, 0) is 38.2 Å². The Labute approximate surface area is 118 Å². The van der Waals surface area contributed by atoms with Crippen molar-refractivity contribution in [2.45, 2.75) is 17.4 Å². The van der Waals surface area contributed by atoms with E-state index in [0.717, 1.165) is 25.0 Å². The van der Waals surface area contributed by atoms with Crippen LogP contribution in [0.15, 0.2) is 29.3 Å². The number of nitrogens with one attached hydrogen (secondary N) is 2. The van der Waals surface area contributed by atoms with Gasteiger partial charge in [0.25, 0.3) is 0 Å². The van der Waals surface area contributed by atoms with Crippen LogP contribution in [0.1, 0.15) is 6.42 Å². The van der Waals surface area contributed by atoms with E-state index in [2.05, 4.69) is 14.6 Å². The number of hydrogen-bond donors (Lipinski definition) is 3. The number of aromatic nitrogens is 1. The largest absolute Gasteiger partial charge is 0.399 e. The predicted octanol–water partition coefficient (Wildman–Crippen LogP) is 0.732. The van der Waals surface area contributed by atoms with Crippen molar-refractivity contribution >= 4 is 26.6 Å². The van der Waals surface area contributed by atoms with Crippen LogP contribution in [0, 0.1) is 0 Å². The first-order valence-electron chi connectivity index (χ1n) is 6.53. The standard InChI is InChI=1S/C13H18N4O2S/c1-17-5-4-10(8-17)16-20(18,19)13-7-15-12-3-2-9(14)6-11(12)13/h2-3,6-7,10,15-16H,4-5,8,14H2,1H3. The van der Waals surface area contributed by atoms with Gasteiger partial charge in [0.2, 0.25) is 10.0 Å². The van der Waals surface area contributed by atoms with Crippen LogP contribution in [-0.4, -0.2) is 44.5 Å². The van der Waals surface area contributed by atoms with E-state index >= 15 is 0 Å². The third-order valence-electron chi connectivity index (χ3n) is 3.67. The van der Waals surface area contributed by atoms with Crippen molar-refractivity contribution in [3.05, 3.63) is 24.4 Å². The van der Waals surface area contributed by atoms with E-state index < -0.39 is 10.0 Å². The van der Waals surface area contributed by atoms with Crippen LogP contribution < -0.4 is 10.5 Å². The van der Waals surface area contributed by atoms with Gasteiger partial charge in [0.05, 0.1) is 0 Å². The number of fused-ring (bicyclic) bond motifs is 1. The number of nitrogens with zero attached hydrogens (tertiary/aromatic N) is 1. The second-order valence-corrected chi connectivity index (χ2v) is 7.01. The molecule has 1 saturated heterocycles. The van der Waals surface area contributed by atoms with Crippen LogP contribution in [0.5, 0.6) is 0 Å². The van der Waals surface area contributed by atoms with Gasteiger partial charge in [-0.1, -0.05) is 0 Å². The van der Waals surface area contributed by atoms with E-state index in [-0.39, 0.29) is 10.9 Å². The van der Waals surface area contributed by atoms with Crippen molar-refractivity contribution in [2.24, 2.45) is 0 Å². The average molecular weight is 294 g/mol. The van der Waals surface area contributed by atoms with Crippen LogP contribution in [0.25, 0.3) is 10.9 Å². The number of hydrogen-bond acceptors (Lipinski definition) is 4. The molecule has 1 aliphatic heterocycles. The molecule has 0 radical (unpaired) electrons. The highest BCUT2D eigenvalue weighted by atomic mass is 32.2. The molecular formula is C13H18N4O2S. The molecule has 20 heavy (non-hydrogen) atoms. The molecule has 1 aromatic carbocycles. The lowest BCUT2D eigenvalue weighted by atomic mass is 10.2. The Morgan fingerprint density at radius 3 is 2.95 bits per heavy atom. The van der Waals surface area contributed by atoms with Crippen molar-refractivity contribution in [2.75, 3.05) is 25.9 Å². The number of benzene rings is 1. The first-order chi connectivity index (χ1) is 9.45. The van der Waals surface area contributed by atoms with Gasteiger partial charge in [0.15, 0.2) is 0 Å². The zero-order valence-electron chi connectivity index (χ0n) is 11.3. The summed E-state index contributed by atoms with van der Waals surface area (Å²) in [5.41, 5.74) is 7.06. The third kappa shape index (κ3) is 2.39. The van der Waals surface area contributed by atoms with Crippen LogP contribution in [0.3, 0.4) is 0 Å². The molecule has 2 heterocycles. The van der Waals surface area contributed by atoms with Gasteiger partial charge in [-0.15, -0.1) is 0 Å². The lowest BCUT2D eigenvalue weighted by Gasteiger charge is -2.12. The van der Waals surface area contributed by atoms with Crippen molar-refractivity contribution < 1.29 is 8.42 Å². The van der Waals surface area contributed by atoms with Gasteiger partial charge in [0.1, 0.15) is 4.90 Å². The first-order valence-corrected chi connectivity index (χ1v) is 8.01. The number of likely N-dealkylation sites (N-methyl/N-ethyl adjacent to an activating group) is 1. The fraction of sp³-hybridized carbons (Fsp3) is 0.385. The van der Waals surface area contributed by atoms with E-state index in [9.17, 15) is 8.42 Å². The summed E-state index contributed by atoms with van der Waals surface area (Å²) in [5, 5.41) is 0.629. The fourth-order valence-corrected chi connectivity index (χ4v) is 4.08. The highest BCUT2D eigenvalue weighted by molar-refractivity contribution is 7.89. The summed E-state index contributed by atoms with van der Waals surface area (Å²) in [4.78, 5) is 5.34. The van der Waals surface area contributed by atoms with Crippen LogP contribution in [0.4, 0.5) is 5.69 Å². The minimum atomic E-state index is -3.53. The van der Waals surface area contributed by atoms with Gasteiger partial charge in [-0.3, -0.25) is 0 Å². The summed E-state index contributed by atoms with van der Waals surface area (Å²) < 4.78 is 27.8. The van der Waals surface area contributed by atoms with E-state index in [1.165, 1.54) is 6.20 Å². The number of nitrogens with two attached hydrogens (primary N) is 1. The summed E-state index contributed by atoms with van der Waals surface area (Å²) in [6, 6.07) is 5.18. The number of sulfonamides is 1. The number of likely N-dealkylation sites (tertiary alicyclic amines) is 1. The maximum Gasteiger partial charge on any atom is 0.242 e. The van der Waals surface area contributed by atoms with Crippen molar-refractivity contribution in [1.29, 1.82) is 0 Å². The van der Waals surface area contributed by atoms with Crippen LogP contribution in [-0.2, 0) is 10.0 Å². The van der Waals surface area contributed by atoms with Gasteiger partial charge < -0.3 is 15.6 Å². The predicted molar refractivity (Wildman–Crippen MR) is 78.9 cm³/mol. The van der Waals surface area contributed by atoms with Crippen LogP contribution in [0.2, 0.25) is 0 Å². The summed E-state index contributed by atoms with van der Waals surface area (Å²) >= 11 is 0. The molecule has 0 aliphatic carbocycles. The highest BCUT2D eigenvalue weighted by Crippen LogP contribution is 2.25. The number of anilines is 1. The number of aromatic amines is 1. The Kier molecular flexibility index (Phi) is 3.19. The quantitative estimate of drug-likeness (QED) is 0.728. The summed E-state index contributed by atoms with van der Waals surface area (Å²) in [6.45, 7) is 1.65. The number of nitrogen functional groups attached to an aromatic ring is 1. The van der Waals surface area contributed by atoms with Gasteiger partial charge >= 0.3 is 0 Å². The molecule has 3 rings (SSSR count). The lowest BCUT2D eigenvalue weighted by Crippen LogP contribution is -2.36. The molecule has 0 amide bonds. The monoisotopic (exact) mass is 294 g/mol. The SMILES string of the molecule is CN1CCC(NS(=O)(=O)c2c[nH]c3ccc(N)cc23)C1. The molecule has 0 bridgehead atoms. The maximum atomic E-state index is 12.5. The third-order valence-corrected chi connectivity index (χ3v) is 5.23. The average Bonchev–Trinajstić information content (AvgIpc) is 2.95. The molecule has 4 N–H and O–H groups in total. The molecule has 1 atom stereocenters. The zero-order valence-corrected chi connectivity index (χ0v) is 12.1. The second kappa shape index (κ2) is 4.76. The van der Waals surface area contributed by atoms with Gasteiger partial charge in [-0.25, -0.2) is 13.1 Å². The summed E-state index contributed by atoms with van der Waals surface area (Å²) in [5.74, 6) is 0. The Morgan fingerprint density at radius 1 is 1.45 bits per heavy atom. The molecule has 6 nitrogen and oxygen atoms in total. The molecule has 1 aromatic heterocycles. The Morgan fingerprint density at radius 2 is 2.25 bits per heavy atom. The molecule has 2 aromatic rings. The first kappa shape index (κ1) is 13.4. The molecule has 7 heteroatoms. The molecule has 108 valence electrons. The fourth-order valence-electron chi connectivity index (χ4n) is 2.65. The van der Waals surface area contributed by atoms with Crippen molar-refractivity contribution in [3.8, 4) is 0 Å². The highest BCUT2D eigenvalue weighted by Gasteiger charge is 2.27. The maximum absolute atomic E-state index is 12.5. The van der Waals surface area contributed by atoms with Crippen molar-refractivity contribution in [3.63, 3.8) is 0 Å². The lowest BCUT2D eigenvalue weighted by molar-refractivity contribution is 0.407. The Bertz CT molecular complexity index is 738. The topological polar surface area (TPSA) is 91.2 Å². The molecule has 1 aliphatic rings. The van der Waals surface area contributed by atoms with E-state index in [0.29, 0.717) is 11.1 Å². The van der Waals surface area contributed by atoms with E-state index in [1.807, 2.05) is 7.05 Å².